The Kier molecular flexibility index (Phi) is 4.04. The summed E-state index contributed by atoms with van der Waals surface area (Å²) in [6.45, 7) is 0.894. The zero-order valence-corrected chi connectivity index (χ0v) is 12.6. The first kappa shape index (κ1) is 14.9. The van der Waals surface area contributed by atoms with E-state index in [-0.39, 0.29) is 12.3 Å². The summed E-state index contributed by atoms with van der Waals surface area (Å²) in [6.07, 6.45) is 0.875. The van der Waals surface area contributed by atoms with Crippen molar-refractivity contribution in [3.05, 3.63) is 23.8 Å². The molecule has 1 aromatic rings. The zero-order valence-electron chi connectivity index (χ0n) is 11.7. The lowest BCUT2D eigenvalue weighted by molar-refractivity contribution is -0.139. The number of carboxylic acids is 1. The molecule has 0 aromatic heterocycles. The van der Waals surface area contributed by atoms with Crippen LogP contribution in [0.3, 0.4) is 0 Å². The third-order valence-corrected chi connectivity index (χ3v) is 4.39. The number of nitrogens with one attached hydrogen (secondary N) is 1. The number of rotatable bonds is 4. The number of hydrogen-bond acceptors (Lipinski definition) is 5. The van der Waals surface area contributed by atoms with Crippen LogP contribution in [-0.4, -0.2) is 35.7 Å². The number of amides is 1. The van der Waals surface area contributed by atoms with E-state index < -0.39 is 11.5 Å². The third-order valence-electron chi connectivity index (χ3n) is 3.83. The number of carbonyl (C=O) groups excluding carboxylic acids is 1. The molecule has 22 heavy (non-hydrogen) atoms. The van der Waals surface area contributed by atoms with Crippen molar-refractivity contribution in [2.75, 3.05) is 13.2 Å². The zero-order chi connectivity index (χ0) is 15.6. The van der Waals surface area contributed by atoms with Gasteiger partial charge in [-0.05, 0) is 31.0 Å². The summed E-state index contributed by atoms with van der Waals surface area (Å²) in [5.74, 6) is -1.22. The van der Waals surface area contributed by atoms with Crippen LogP contribution in [0.5, 0.6) is 0 Å². The van der Waals surface area contributed by atoms with Crippen LogP contribution in [0.2, 0.25) is 0 Å². The number of nitrogens with zero attached hydrogens (tertiary/aromatic N) is 2. The molecule has 116 valence electrons. The molecule has 2 heterocycles. The lowest BCUT2D eigenvalue weighted by Gasteiger charge is -2.36. The number of carboxylic acid groups (broad SMARTS) is 1. The minimum atomic E-state index is -0.929. The van der Waals surface area contributed by atoms with Gasteiger partial charge in [0.05, 0.1) is 23.3 Å². The average Bonchev–Trinajstić information content (AvgIpc) is 2.94. The molecule has 0 spiro atoms. The summed E-state index contributed by atoms with van der Waals surface area (Å²) in [5.41, 5.74) is 1.11. The van der Waals surface area contributed by atoms with Crippen LogP contribution in [0, 0.1) is 0 Å². The van der Waals surface area contributed by atoms with Gasteiger partial charge in [-0.25, -0.2) is 0 Å². The van der Waals surface area contributed by atoms with Gasteiger partial charge in [0, 0.05) is 18.8 Å². The number of benzene rings is 1. The van der Waals surface area contributed by atoms with Crippen LogP contribution in [0.4, 0.5) is 11.4 Å². The van der Waals surface area contributed by atoms with E-state index in [9.17, 15) is 9.59 Å². The second-order valence-electron chi connectivity index (χ2n) is 5.39. The minimum Gasteiger partial charge on any atom is -0.481 e. The van der Waals surface area contributed by atoms with Gasteiger partial charge in [0.1, 0.15) is 11.4 Å². The largest absolute Gasteiger partial charge is 0.481 e. The summed E-state index contributed by atoms with van der Waals surface area (Å²) in [6, 6.07) is 5.08. The quantitative estimate of drug-likeness (QED) is 0.901. The van der Waals surface area contributed by atoms with Gasteiger partial charge in [0.25, 0.3) is 5.91 Å². The molecular weight excluding hydrogens is 306 g/mol. The highest BCUT2D eigenvalue weighted by molar-refractivity contribution is 7.58. The van der Waals surface area contributed by atoms with E-state index >= 15 is 0 Å². The van der Waals surface area contributed by atoms with Crippen molar-refractivity contribution < 1.29 is 19.4 Å². The highest BCUT2D eigenvalue weighted by Gasteiger charge is 2.36. The SMILES string of the molecule is O=C(O)CC1(NC(=O)c2ccc3c(c2)N=S=N3)CCOCC1. The molecule has 3 rings (SSSR count). The number of aliphatic carboxylic acids is 1. The smallest absolute Gasteiger partial charge is 0.305 e. The summed E-state index contributed by atoms with van der Waals surface area (Å²) >= 11 is 1.09. The minimum absolute atomic E-state index is 0.109. The Labute approximate surface area is 130 Å². The fourth-order valence-electron chi connectivity index (χ4n) is 2.63. The normalized spacial score (nSPS) is 18.4. The predicted octanol–water partition coefficient (Wildman–Crippen LogP) is 2.17. The molecule has 2 aliphatic rings. The van der Waals surface area contributed by atoms with E-state index in [4.69, 9.17) is 9.84 Å². The van der Waals surface area contributed by atoms with E-state index in [1.54, 1.807) is 18.2 Å². The molecule has 0 aliphatic carbocycles. The van der Waals surface area contributed by atoms with Crippen molar-refractivity contribution in [3.8, 4) is 0 Å². The molecule has 8 heteroatoms. The highest BCUT2D eigenvalue weighted by atomic mass is 32.1. The fraction of sp³-hybridized carbons (Fsp3) is 0.429. The molecule has 0 unspecified atom stereocenters. The Bertz CT molecular complexity index is 691. The molecule has 1 fully saturated rings. The number of hydrogen-bond donors (Lipinski definition) is 2. The molecular formula is C14H15N3O4S. The first-order chi connectivity index (χ1) is 10.6. The highest BCUT2D eigenvalue weighted by Crippen LogP contribution is 2.32. The Morgan fingerprint density at radius 1 is 1.27 bits per heavy atom. The van der Waals surface area contributed by atoms with Gasteiger partial charge >= 0.3 is 5.97 Å². The molecule has 2 N–H and O–H groups in total. The van der Waals surface area contributed by atoms with Gasteiger partial charge in [-0.3, -0.25) is 9.59 Å². The average molecular weight is 321 g/mol. The van der Waals surface area contributed by atoms with Crippen molar-refractivity contribution in [1.29, 1.82) is 0 Å². The van der Waals surface area contributed by atoms with Crippen LogP contribution in [0.1, 0.15) is 29.6 Å². The van der Waals surface area contributed by atoms with Gasteiger partial charge in [0.15, 0.2) is 0 Å². The first-order valence-corrected chi connectivity index (χ1v) is 7.65. The molecule has 1 saturated heterocycles. The standard InChI is InChI=1S/C14H15N3O4S/c18-12(19)8-14(3-5-21-6-4-14)15-13(20)9-1-2-10-11(7-9)17-22-16-10/h1-2,7H,3-6,8H2,(H,15,20)(H,18,19). The fourth-order valence-corrected chi connectivity index (χ4v) is 3.15. The summed E-state index contributed by atoms with van der Waals surface area (Å²) in [5, 5.41) is 12.0. The second kappa shape index (κ2) is 5.98. The third kappa shape index (κ3) is 3.07. The summed E-state index contributed by atoms with van der Waals surface area (Å²) < 4.78 is 13.5. The van der Waals surface area contributed by atoms with Crippen LogP contribution >= 0.6 is 0 Å². The van der Waals surface area contributed by atoms with Crippen molar-refractivity contribution in [2.24, 2.45) is 8.73 Å². The maximum absolute atomic E-state index is 12.5. The second-order valence-corrected chi connectivity index (χ2v) is 5.91. The van der Waals surface area contributed by atoms with Crippen molar-refractivity contribution in [2.45, 2.75) is 24.8 Å². The van der Waals surface area contributed by atoms with Crippen LogP contribution in [0.25, 0.3) is 0 Å². The van der Waals surface area contributed by atoms with Crippen LogP contribution in [-0.2, 0) is 20.9 Å². The first-order valence-electron chi connectivity index (χ1n) is 6.92. The van der Waals surface area contributed by atoms with Gasteiger partial charge < -0.3 is 15.2 Å². The van der Waals surface area contributed by atoms with Crippen LogP contribution < -0.4 is 5.32 Å². The Hall–Kier alpha value is -2.06. The Balaban J connectivity index is 1.79. The topological polar surface area (TPSA) is 100 Å². The van der Waals surface area contributed by atoms with Gasteiger partial charge in [-0.2, -0.15) is 8.73 Å². The molecule has 0 radical (unpaired) electrons. The number of fused-ring (bicyclic) bond motifs is 1. The van der Waals surface area contributed by atoms with Crippen molar-refractivity contribution in [1.82, 2.24) is 5.32 Å². The lowest BCUT2D eigenvalue weighted by atomic mass is 9.86. The number of carbonyl (C=O) groups is 2. The summed E-state index contributed by atoms with van der Waals surface area (Å²) in [7, 11) is 0. The Morgan fingerprint density at radius 3 is 2.73 bits per heavy atom. The van der Waals surface area contributed by atoms with E-state index in [0.717, 1.165) is 17.0 Å². The molecule has 1 amide bonds. The van der Waals surface area contributed by atoms with Crippen molar-refractivity contribution >= 4 is 34.6 Å². The summed E-state index contributed by atoms with van der Waals surface area (Å²) in [4.78, 5) is 23.6. The van der Waals surface area contributed by atoms with E-state index in [2.05, 4.69) is 14.0 Å². The Morgan fingerprint density at radius 2 is 2.00 bits per heavy atom. The molecule has 2 aliphatic heterocycles. The predicted molar refractivity (Wildman–Crippen MR) is 80.5 cm³/mol. The van der Waals surface area contributed by atoms with Gasteiger partial charge in [-0.1, -0.05) is 0 Å². The number of ether oxygens (including phenoxy) is 1. The van der Waals surface area contributed by atoms with Crippen molar-refractivity contribution in [3.63, 3.8) is 0 Å². The molecule has 7 nitrogen and oxygen atoms in total. The molecule has 0 atom stereocenters. The van der Waals surface area contributed by atoms with Gasteiger partial charge in [0.2, 0.25) is 0 Å². The van der Waals surface area contributed by atoms with Crippen LogP contribution in [0.15, 0.2) is 26.9 Å². The van der Waals surface area contributed by atoms with E-state index in [0.29, 0.717) is 37.3 Å². The van der Waals surface area contributed by atoms with E-state index in [1.165, 1.54) is 0 Å². The molecule has 1 aromatic carbocycles. The van der Waals surface area contributed by atoms with Gasteiger partial charge in [-0.15, -0.1) is 0 Å². The maximum atomic E-state index is 12.5. The molecule has 0 bridgehead atoms. The monoisotopic (exact) mass is 321 g/mol. The maximum Gasteiger partial charge on any atom is 0.305 e. The van der Waals surface area contributed by atoms with E-state index in [1.807, 2.05) is 0 Å². The molecule has 0 saturated carbocycles. The lowest BCUT2D eigenvalue weighted by Crippen LogP contribution is -2.53.